The molecule has 0 saturated carbocycles. The van der Waals surface area contributed by atoms with Gasteiger partial charge in [0.25, 0.3) is 0 Å². The molecule has 0 aromatic heterocycles. The fourth-order valence-electron chi connectivity index (χ4n) is 2.26. The van der Waals surface area contributed by atoms with Crippen LogP contribution in [0.2, 0.25) is 5.02 Å². The van der Waals surface area contributed by atoms with Crippen LogP contribution in [0.15, 0.2) is 42.5 Å². The van der Waals surface area contributed by atoms with Crippen LogP contribution < -0.4 is 5.32 Å². The van der Waals surface area contributed by atoms with Gasteiger partial charge in [0.15, 0.2) is 0 Å². The molecule has 0 aliphatic carbocycles. The number of carbonyl (C=O) groups is 3. The number of carbonyl (C=O) groups excluding carboxylic acids is 3. The molecule has 0 radical (unpaired) electrons. The molecule has 2 aromatic rings. The molecule has 6 nitrogen and oxygen atoms in total. The molecular weight excluding hydrogens is 390 g/mol. The van der Waals surface area contributed by atoms with Gasteiger partial charge < -0.3 is 14.8 Å². The summed E-state index contributed by atoms with van der Waals surface area (Å²) in [4.78, 5) is 35.8. The van der Waals surface area contributed by atoms with Crippen LogP contribution in [0.5, 0.6) is 0 Å². The Morgan fingerprint density at radius 1 is 1.04 bits per heavy atom. The zero-order valence-corrected chi connectivity index (χ0v) is 16.4. The SMILES string of the molecule is COC(=O)c1ccc(C(=O)OC)c(NC(=O)CSCc2cccc(Cl)c2)c1. The molecule has 1 amide bonds. The molecular formula is C19H18ClNO5S. The number of methoxy groups -OCH3 is 2. The lowest BCUT2D eigenvalue weighted by Crippen LogP contribution is -2.18. The topological polar surface area (TPSA) is 81.7 Å². The molecule has 0 bridgehead atoms. The van der Waals surface area contributed by atoms with Gasteiger partial charge in [-0.15, -0.1) is 11.8 Å². The monoisotopic (exact) mass is 407 g/mol. The van der Waals surface area contributed by atoms with E-state index in [1.165, 1.54) is 44.2 Å². The van der Waals surface area contributed by atoms with Crippen molar-refractivity contribution in [3.8, 4) is 0 Å². The van der Waals surface area contributed by atoms with E-state index in [0.717, 1.165) is 5.56 Å². The summed E-state index contributed by atoms with van der Waals surface area (Å²) in [6.07, 6.45) is 0. The molecule has 0 aliphatic heterocycles. The number of rotatable bonds is 7. The number of hydrogen-bond donors (Lipinski definition) is 1. The van der Waals surface area contributed by atoms with E-state index in [2.05, 4.69) is 10.1 Å². The molecule has 2 rings (SSSR count). The third-order valence-electron chi connectivity index (χ3n) is 3.51. The zero-order chi connectivity index (χ0) is 19.8. The molecule has 0 spiro atoms. The Morgan fingerprint density at radius 3 is 2.44 bits per heavy atom. The number of nitrogens with one attached hydrogen (secondary N) is 1. The van der Waals surface area contributed by atoms with Crippen molar-refractivity contribution >= 4 is 46.9 Å². The lowest BCUT2D eigenvalue weighted by Gasteiger charge is -2.11. The second kappa shape index (κ2) is 9.99. The van der Waals surface area contributed by atoms with Crippen LogP contribution in [0.1, 0.15) is 26.3 Å². The van der Waals surface area contributed by atoms with E-state index in [1.807, 2.05) is 18.2 Å². The maximum Gasteiger partial charge on any atom is 0.339 e. The zero-order valence-electron chi connectivity index (χ0n) is 14.8. The summed E-state index contributed by atoms with van der Waals surface area (Å²) in [5.74, 6) is -0.727. The van der Waals surface area contributed by atoms with Crippen molar-refractivity contribution in [3.63, 3.8) is 0 Å². The lowest BCUT2D eigenvalue weighted by molar-refractivity contribution is -0.113. The number of benzene rings is 2. The van der Waals surface area contributed by atoms with Crippen LogP contribution in [0, 0.1) is 0 Å². The Hall–Kier alpha value is -2.51. The van der Waals surface area contributed by atoms with E-state index in [-0.39, 0.29) is 28.5 Å². The second-order valence-electron chi connectivity index (χ2n) is 5.41. The lowest BCUT2D eigenvalue weighted by atomic mass is 10.1. The summed E-state index contributed by atoms with van der Waals surface area (Å²) in [6, 6.07) is 11.6. The van der Waals surface area contributed by atoms with Crippen LogP contribution >= 0.6 is 23.4 Å². The Bertz CT molecular complexity index is 856. The molecule has 0 fully saturated rings. The van der Waals surface area contributed by atoms with Crippen molar-refractivity contribution in [2.24, 2.45) is 0 Å². The predicted molar refractivity (Wildman–Crippen MR) is 105 cm³/mol. The van der Waals surface area contributed by atoms with E-state index >= 15 is 0 Å². The minimum atomic E-state index is -0.617. The largest absolute Gasteiger partial charge is 0.465 e. The third kappa shape index (κ3) is 6.01. The molecule has 2 aromatic carbocycles. The number of ether oxygens (including phenoxy) is 2. The van der Waals surface area contributed by atoms with Crippen LogP contribution in [-0.4, -0.2) is 37.8 Å². The Morgan fingerprint density at radius 2 is 1.78 bits per heavy atom. The van der Waals surface area contributed by atoms with Gasteiger partial charge in [-0.2, -0.15) is 0 Å². The standard InChI is InChI=1S/C19H18ClNO5S/c1-25-18(23)13-6-7-15(19(24)26-2)16(9-13)21-17(22)11-27-10-12-4-3-5-14(20)8-12/h3-9H,10-11H2,1-2H3,(H,21,22). The van der Waals surface area contributed by atoms with Gasteiger partial charge in [-0.1, -0.05) is 23.7 Å². The van der Waals surface area contributed by atoms with Gasteiger partial charge in [0.1, 0.15) is 0 Å². The highest BCUT2D eigenvalue weighted by atomic mass is 35.5. The minimum absolute atomic E-state index is 0.151. The molecule has 0 atom stereocenters. The van der Waals surface area contributed by atoms with Crippen LogP contribution in [0.4, 0.5) is 5.69 Å². The summed E-state index contributed by atoms with van der Waals surface area (Å²) in [7, 11) is 2.49. The number of anilines is 1. The number of halogens is 1. The Labute approximate surface area is 166 Å². The van der Waals surface area contributed by atoms with Gasteiger partial charge in [0, 0.05) is 10.8 Å². The van der Waals surface area contributed by atoms with E-state index in [4.69, 9.17) is 16.3 Å². The van der Waals surface area contributed by atoms with Gasteiger partial charge in [0.05, 0.1) is 36.8 Å². The summed E-state index contributed by atoms with van der Waals surface area (Å²) >= 11 is 7.34. The minimum Gasteiger partial charge on any atom is -0.465 e. The summed E-state index contributed by atoms with van der Waals surface area (Å²) in [5, 5.41) is 3.29. The fourth-order valence-corrected chi connectivity index (χ4v) is 3.24. The van der Waals surface area contributed by atoms with Gasteiger partial charge in [-0.25, -0.2) is 9.59 Å². The van der Waals surface area contributed by atoms with E-state index in [1.54, 1.807) is 6.07 Å². The maximum atomic E-state index is 12.3. The molecule has 0 heterocycles. The smallest absolute Gasteiger partial charge is 0.339 e. The van der Waals surface area contributed by atoms with Crippen LogP contribution in [0.3, 0.4) is 0 Å². The van der Waals surface area contributed by atoms with Crippen molar-refractivity contribution in [1.29, 1.82) is 0 Å². The highest BCUT2D eigenvalue weighted by Gasteiger charge is 2.17. The van der Waals surface area contributed by atoms with Crippen LogP contribution in [-0.2, 0) is 20.0 Å². The first kappa shape index (κ1) is 20.8. The van der Waals surface area contributed by atoms with Crippen LogP contribution in [0.25, 0.3) is 0 Å². The average Bonchev–Trinajstić information content (AvgIpc) is 2.66. The Kier molecular flexibility index (Phi) is 7.69. The van der Waals surface area contributed by atoms with Crippen molar-refractivity contribution < 1.29 is 23.9 Å². The fraction of sp³-hybridized carbons (Fsp3) is 0.211. The quantitative estimate of drug-likeness (QED) is 0.703. The highest BCUT2D eigenvalue weighted by molar-refractivity contribution is 7.99. The number of thioether (sulfide) groups is 1. The average molecular weight is 408 g/mol. The number of hydrogen-bond acceptors (Lipinski definition) is 6. The second-order valence-corrected chi connectivity index (χ2v) is 6.84. The molecule has 0 unspecified atom stereocenters. The van der Waals surface area contributed by atoms with Crippen molar-refractivity contribution in [2.45, 2.75) is 5.75 Å². The first-order chi connectivity index (χ1) is 12.9. The van der Waals surface area contributed by atoms with Gasteiger partial charge in [-0.05, 0) is 35.9 Å². The van der Waals surface area contributed by atoms with E-state index < -0.39 is 11.9 Å². The molecule has 8 heteroatoms. The summed E-state index contributed by atoms with van der Waals surface area (Å²) < 4.78 is 9.37. The van der Waals surface area contributed by atoms with Gasteiger partial charge >= 0.3 is 11.9 Å². The Balaban J connectivity index is 2.05. The number of esters is 2. The molecule has 0 aliphatic rings. The molecule has 0 saturated heterocycles. The normalized spacial score (nSPS) is 10.2. The predicted octanol–water partition coefficient (Wildman–Crippen LogP) is 3.79. The maximum absolute atomic E-state index is 12.3. The molecule has 27 heavy (non-hydrogen) atoms. The molecule has 142 valence electrons. The van der Waals surface area contributed by atoms with Crippen molar-refractivity contribution in [1.82, 2.24) is 0 Å². The third-order valence-corrected chi connectivity index (χ3v) is 4.75. The highest BCUT2D eigenvalue weighted by Crippen LogP contribution is 2.21. The summed E-state index contributed by atoms with van der Waals surface area (Å²) in [6.45, 7) is 0. The van der Waals surface area contributed by atoms with Crippen molar-refractivity contribution in [3.05, 3.63) is 64.2 Å². The van der Waals surface area contributed by atoms with E-state index in [9.17, 15) is 14.4 Å². The first-order valence-corrected chi connectivity index (χ1v) is 9.40. The van der Waals surface area contributed by atoms with Crippen molar-refractivity contribution in [2.75, 3.05) is 25.3 Å². The van der Waals surface area contributed by atoms with Gasteiger partial charge in [-0.3, -0.25) is 4.79 Å². The molecule has 1 N–H and O–H groups in total. The first-order valence-electron chi connectivity index (χ1n) is 7.87. The van der Waals surface area contributed by atoms with Gasteiger partial charge in [0.2, 0.25) is 5.91 Å². The summed E-state index contributed by atoms with van der Waals surface area (Å²) in [5.41, 5.74) is 1.56. The van der Waals surface area contributed by atoms with E-state index in [0.29, 0.717) is 10.8 Å². The number of amides is 1.